The summed E-state index contributed by atoms with van der Waals surface area (Å²) >= 11 is 13.1. The van der Waals surface area contributed by atoms with Gasteiger partial charge in [-0.25, -0.2) is 4.79 Å². The van der Waals surface area contributed by atoms with Gasteiger partial charge in [0.2, 0.25) is 5.13 Å². The fourth-order valence-corrected chi connectivity index (χ4v) is 2.77. The molecule has 0 atom stereocenters. The molecule has 2 aromatic rings. The number of amides is 1. The third-order valence-electron chi connectivity index (χ3n) is 2.55. The molecular formula is C13H13Cl2N3O3S. The van der Waals surface area contributed by atoms with Gasteiger partial charge in [0, 0.05) is 11.4 Å². The van der Waals surface area contributed by atoms with Gasteiger partial charge >= 0.3 is 6.09 Å². The van der Waals surface area contributed by atoms with Crippen LogP contribution in [0.4, 0.5) is 9.93 Å². The average molecular weight is 362 g/mol. The Kier molecular flexibility index (Phi) is 6.23. The second-order valence-electron chi connectivity index (χ2n) is 4.14. The van der Waals surface area contributed by atoms with Gasteiger partial charge in [0.1, 0.15) is 10.8 Å². The van der Waals surface area contributed by atoms with Crippen molar-refractivity contribution in [3.63, 3.8) is 0 Å². The number of carbonyl (C=O) groups is 1. The van der Waals surface area contributed by atoms with E-state index in [1.165, 1.54) is 18.4 Å². The van der Waals surface area contributed by atoms with Crippen LogP contribution in [0.3, 0.4) is 0 Å². The summed E-state index contributed by atoms with van der Waals surface area (Å²) < 4.78 is 10.1. The Bertz CT molecular complexity index is 651. The Balaban J connectivity index is 1.76. The maximum Gasteiger partial charge on any atom is 0.413 e. The molecule has 0 aliphatic heterocycles. The van der Waals surface area contributed by atoms with E-state index < -0.39 is 6.09 Å². The van der Waals surface area contributed by atoms with Gasteiger partial charge in [-0.15, -0.1) is 10.2 Å². The molecule has 1 aromatic carbocycles. The van der Waals surface area contributed by atoms with Gasteiger partial charge in [-0.05, 0) is 24.6 Å². The molecule has 1 aromatic heterocycles. The van der Waals surface area contributed by atoms with Crippen LogP contribution in [0.2, 0.25) is 10.0 Å². The van der Waals surface area contributed by atoms with Crippen LogP contribution in [0.25, 0.3) is 0 Å². The van der Waals surface area contributed by atoms with E-state index in [0.717, 1.165) is 11.4 Å². The van der Waals surface area contributed by atoms with Crippen molar-refractivity contribution in [3.05, 3.63) is 33.3 Å². The summed E-state index contributed by atoms with van der Waals surface area (Å²) in [5.74, 6) is 0.594. The highest BCUT2D eigenvalue weighted by atomic mass is 35.5. The Morgan fingerprint density at radius 2 is 2.18 bits per heavy atom. The molecule has 0 aliphatic rings. The van der Waals surface area contributed by atoms with E-state index in [9.17, 15) is 4.79 Å². The van der Waals surface area contributed by atoms with Crippen molar-refractivity contribution in [1.82, 2.24) is 10.2 Å². The molecule has 0 bridgehead atoms. The predicted molar refractivity (Wildman–Crippen MR) is 86.2 cm³/mol. The number of halogens is 2. The highest BCUT2D eigenvalue weighted by Crippen LogP contribution is 2.27. The third-order valence-corrected chi connectivity index (χ3v) is 3.98. The monoisotopic (exact) mass is 361 g/mol. The Morgan fingerprint density at radius 3 is 2.91 bits per heavy atom. The lowest BCUT2D eigenvalue weighted by molar-refractivity contribution is 0.187. The lowest BCUT2D eigenvalue weighted by Crippen LogP contribution is -2.10. The maximum atomic E-state index is 11.0. The van der Waals surface area contributed by atoms with Crippen LogP contribution >= 0.6 is 34.5 Å². The van der Waals surface area contributed by atoms with Crippen molar-refractivity contribution in [3.8, 4) is 5.75 Å². The number of benzene rings is 1. The second-order valence-corrected chi connectivity index (χ2v) is 6.05. The topological polar surface area (TPSA) is 73.3 Å². The van der Waals surface area contributed by atoms with Crippen molar-refractivity contribution in [2.75, 3.05) is 19.0 Å². The van der Waals surface area contributed by atoms with Crippen LogP contribution in [0.15, 0.2) is 18.2 Å². The van der Waals surface area contributed by atoms with Crippen LogP contribution in [0, 0.1) is 0 Å². The van der Waals surface area contributed by atoms with Crippen LogP contribution in [0.1, 0.15) is 11.4 Å². The van der Waals surface area contributed by atoms with Crippen LogP contribution in [0.5, 0.6) is 5.75 Å². The molecule has 0 saturated heterocycles. The van der Waals surface area contributed by atoms with Crippen LogP contribution < -0.4 is 10.1 Å². The first-order valence-electron chi connectivity index (χ1n) is 6.33. The lowest BCUT2D eigenvalue weighted by atomic mass is 10.3. The zero-order chi connectivity index (χ0) is 15.9. The summed E-state index contributed by atoms with van der Waals surface area (Å²) in [5, 5.41) is 12.5. The molecule has 6 nitrogen and oxygen atoms in total. The highest BCUT2D eigenvalue weighted by Gasteiger charge is 2.08. The summed E-state index contributed by atoms with van der Waals surface area (Å²) in [5.41, 5.74) is 0. The van der Waals surface area contributed by atoms with Crippen molar-refractivity contribution in [2.45, 2.75) is 12.8 Å². The number of ether oxygens (including phenoxy) is 2. The molecule has 0 saturated carbocycles. The quantitative estimate of drug-likeness (QED) is 0.786. The minimum atomic E-state index is -0.566. The average Bonchev–Trinajstić information content (AvgIpc) is 2.92. The number of hydrogen-bond acceptors (Lipinski definition) is 6. The van der Waals surface area contributed by atoms with E-state index in [0.29, 0.717) is 34.0 Å². The highest BCUT2D eigenvalue weighted by molar-refractivity contribution is 7.15. The fourth-order valence-electron chi connectivity index (χ4n) is 1.54. The van der Waals surface area contributed by atoms with Gasteiger partial charge in [-0.2, -0.15) is 0 Å². The van der Waals surface area contributed by atoms with E-state index in [-0.39, 0.29) is 0 Å². The predicted octanol–water partition coefficient (Wildman–Crippen LogP) is 4.03. The molecule has 1 amide bonds. The summed E-state index contributed by atoms with van der Waals surface area (Å²) in [6.07, 6.45) is 0.862. The van der Waals surface area contributed by atoms with Gasteiger partial charge < -0.3 is 9.47 Å². The van der Waals surface area contributed by atoms with Crippen LogP contribution in [-0.2, 0) is 11.2 Å². The standard InChI is InChI=1S/C13H13Cl2N3O3S/c1-20-13(19)16-12-18-17-11(22-12)3-2-6-21-10-5-4-8(14)7-9(10)15/h4-5,7H,2-3,6H2,1H3,(H,16,18,19). The molecular weight excluding hydrogens is 349 g/mol. The zero-order valence-corrected chi connectivity index (χ0v) is 14.0. The Morgan fingerprint density at radius 1 is 1.36 bits per heavy atom. The summed E-state index contributed by atoms with van der Waals surface area (Å²) in [6, 6.07) is 5.08. The molecule has 0 radical (unpaired) electrons. The van der Waals surface area contributed by atoms with Crippen LogP contribution in [-0.4, -0.2) is 30.0 Å². The van der Waals surface area contributed by atoms with Crippen molar-refractivity contribution < 1.29 is 14.3 Å². The lowest BCUT2D eigenvalue weighted by Gasteiger charge is -2.07. The number of aromatic nitrogens is 2. The number of anilines is 1. The molecule has 0 fully saturated rings. The molecule has 22 heavy (non-hydrogen) atoms. The first-order chi connectivity index (χ1) is 10.6. The number of carbonyl (C=O) groups excluding carboxylic acids is 1. The molecule has 9 heteroatoms. The maximum absolute atomic E-state index is 11.0. The summed E-state index contributed by atoms with van der Waals surface area (Å²) in [7, 11) is 1.29. The molecule has 2 rings (SSSR count). The minimum Gasteiger partial charge on any atom is -0.492 e. The van der Waals surface area contributed by atoms with E-state index in [2.05, 4.69) is 20.3 Å². The molecule has 0 aliphatic carbocycles. The second kappa shape index (κ2) is 8.17. The van der Waals surface area contributed by atoms with Crippen molar-refractivity contribution in [1.29, 1.82) is 0 Å². The SMILES string of the molecule is COC(=O)Nc1nnc(CCCOc2ccc(Cl)cc2Cl)s1. The van der Waals surface area contributed by atoms with Gasteiger partial charge in [-0.1, -0.05) is 34.5 Å². The van der Waals surface area contributed by atoms with Gasteiger partial charge in [0.15, 0.2) is 0 Å². The zero-order valence-electron chi connectivity index (χ0n) is 11.6. The van der Waals surface area contributed by atoms with E-state index in [4.69, 9.17) is 27.9 Å². The van der Waals surface area contributed by atoms with Gasteiger partial charge in [-0.3, -0.25) is 5.32 Å². The fraction of sp³-hybridized carbons (Fsp3) is 0.308. The first-order valence-corrected chi connectivity index (χ1v) is 7.91. The van der Waals surface area contributed by atoms with Crippen molar-refractivity contribution >= 4 is 45.8 Å². The van der Waals surface area contributed by atoms with Crippen molar-refractivity contribution in [2.24, 2.45) is 0 Å². The van der Waals surface area contributed by atoms with Gasteiger partial charge in [0.25, 0.3) is 0 Å². The number of methoxy groups -OCH3 is 1. The molecule has 0 spiro atoms. The molecule has 118 valence electrons. The number of hydrogen-bond donors (Lipinski definition) is 1. The number of nitrogens with zero attached hydrogens (tertiary/aromatic N) is 2. The van der Waals surface area contributed by atoms with E-state index >= 15 is 0 Å². The number of aryl methyl sites for hydroxylation is 1. The molecule has 1 N–H and O–H groups in total. The smallest absolute Gasteiger partial charge is 0.413 e. The normalized spacial score (nSPS) is 10.3. The Hall–Kier alpha value is -1.57. The molecule has 0 unspecified atom stereocenters. The van der Waals surface area contributed by atoms with E-state index in [1.54, 1.807) is 18.2 Å². The summed E-state index contributed by atoms with van der Waals surface area (Å²) in [4.78, 5) is 11.0. The summed E-state index contributed by atoms with van der Waals surface area (Å²) in [6.45, 7) is 0.487. The largest absolute Gasteiger partial charge is 0.492 e. The number of rotatable bonds is 6. The number of nitrogens with one attached hydrogen (secondary N) is 1. The van der Waals surface area contributed by atoms with E-state index in [1.807, 2.05) is 0 Å². The molecule has 1 heterocycles. The van der Waals surface area contributed by atoms with Gasteiger partial charge in [0.05, 0.1) is 18.7 Å². The first kappa shape index (κ1) is 16.8. The third kappa shape index (κ3) is 5.01. The Labute approximate surface area is 141 Å². The minimum absolute atomic E-state index is 0.406.